The van der Waals surface area contributed by atoms with E-state index in [0.717, 1.165) is 0 Å². The zero-order chi connectivity index (χ0) is 10.1. The minimum Gasteiger partial charge on any atom is -0.482 e. The van der Waals surface area contributed by atoms with Crippen molar-refractivity contribution in [3.8, 4) is 5.75 Å². The molecule has 0 amide bonds. The quantitative estimate of drug-likeness (QED) is 0.851. The minimum absolute atomic E-state index is 0. The average molecular weight is 240 g/mol. The Kier molecular flexibility index (Phi) is 3.82. The van der Waals surface area contributed by atoms with Gasteiger partial charge in [0.1, 0.15) is 11.9 Å². The molecule has 84 valence electrons. The van der Waals surface area contributed by atoms with Crippen LogP contribution >= 0.6 is 12.4 Å². The van der Waals surface area contributed by atoms with Crippen LogP contribution in [0.25, 0.3) is 0 Å². The summed E-state index contributed by atoms with van der Waals surface area (Å²) in [7, 11) is 0. The van der Waals surface area contributed by atoms with Crippen LogP contribution in [0.2, 0.25) is 0 Å². The summed E-state index contributed by atoms with van der Waals surface area (Å²) in [4.78, 5) is 0. The first-order valence-corrected chi connectivity index (χ1v) is 4.19. The molecule has 1 saturated heterocycles. The van der Waals surface area contributed by atoms with E-state index < -0.39 is 23.2 Å². The second kappa shape index (κ2) is 4.72. The lowest BCUT2D eigenvalue weighted by atomic mass is 10.2. The van der Waals surface area contributed by atoms with Crippen LogP contribution in [0.4, 0.5) is 13.2 Å². The molecule has 2 nitrogen and oxygen atoms in total. The van der Waals surface area contributed by atoms with Gasteiger partial charge in [-0.2, -0.15) is 0 Å². The number of nitrogens with one attached hydrogen (secondary N) is 1. The van der Waals surface area contributed by atoms with E-state index in [9.17, 15) is 13.2 Å². The molecule has 0 atom stereocenters. The largest absolute Gasteiger partial charge is 0.482 e. The number of halogens is 4. The fourth-order valence-electron chi connectivity index (χ4n) is 1.15. The monoisotopic (exact) mass is 239 g/mol. The van der Waals surface area contributed by atoms with Gasteiger partial charge in [0, 0.05) is 25.2 Å². The number of hydrogen-bond acceptors (Lipinski definition) is 2. The molecular formula is C9H9ClF3NO. The van der Waals surface area contributed by atoms with E-state index in [1.54, 1.807) is 0 Å². The average Bonchev–Trinajstić information content (AvgIpc) is 1.98. The summed E-state index contributed by atoms with van der Waals surface area (Å²) in [6.07, 6.45) is -0.232. The van der Waals surface area contributed by atoms with E-state index in [4.69, 9.17) is 4.74 Å². The zero-order valence-corrected chi connectivity index (χ0v) is 8.41. The summed E-state index contributed by atoms with van der Waals surface area (Å²) < 4.78 is 43.5. The molecule has 2 rings (SSSR count). The first-order valence-electron chi connectivity index (χ1n) is 4.19. The highest BCUT2D eigenvalue weighted by Crippen LogP contribution is 2.24. The van der Waals surface area contributed by atoms with Crippen molar-refractivity contribution in [1.82, 2.24) is 5.32 Å². The maximum atomic E-state index is 13.0. The van der Waals surface area contributed by atoms with Crippen LogP contribution in [0.5, 0.6) is 5.75 Å². The van der Waals surface area contributed by atoms with Crippen molar-refractivity contribution in [2.24, 2.45) is 0 Å². The van der Waals surface area contributed by atoms with Gasteiger partial charge in [-0.1, -0.05) is 0 Å². The van der Waals surface area contributed by atoms with Gasteiger partial charge in [-0.05, 0) is 0 Å². The molecule has 1 aromatic carbocycles. The third-order valence-electron chi connectivity index (χ3n) is 1.99. The highest BCUT2D eigenvalue weighted by atomic mass is 35.5. The van der Waals surface area contributed by atoms with E-state index >= 15 is 0 Å². The summed E-state index contributed by atoms with van der Waals surface area (Å²) in [6, 6.07) is 1.20. The second-order valence-corrected chi connectivity index (χ2v) is 3.10. The van der Waals surface area contributed by atoms with Crippen molar-refractivity contribution in [3.63, 3.8) is 0 Å². The fraction of sp³-hybridized carbons (Fsp3) is 0.333. The molecule has 0 aromatic heterocycles. The molecule has 15 heavy (non-hydrogen) atoms. The van der Waals surface area contributed by atoms with Crippen LogP contribution in [0.1, 0.15) is 0 Å². The zero-order valence-electron chi connectivity index (χ0n) is 7.60. The lowest BCUT2D eigenvalue weighted by molar-refractivity contribution is 0.129. The van der Waals surface area contributed by atoms with Crippen molar-refractivity contribution in [3.05, 3.63) is 29.6 Å². The third kappa shape index (κ3) is 2.54. The van der Waals surface area contributed by atoms with Crippen LogP contribution in [-0.2, 0) is 0 Å². The Bertz CT molecular complexity index is 334. The molecule has 1 heterocycles. The number of benzene rings is 1. The normalized spacial score (nSPS) is 15.4. The SMILES string of the molecule is Cl.Fc1cc(F)c(OC2CNC2)c(F)c1. The lowest BCUT2D eigenvalue weighted by Crippen LogP contribution is -2.50. The molecule has 0 bridgehead atoms. The third-order valence-corrected chi connectivity index (χ3v) is 1.99. The Labute approximate surface area is 90.8 Å². The van der Waals surface area contributed by atoms with Gasteiger partial charge in [-0.3, -0.25) is 0 Å². The number of rotatable bonds is 2. The molecule has 1 aromatic rings. The number of hydrogen-bond donors (Lipinski definition) is 1. The standard InChI is InChI=1S/C9H8F3NO.ClH/c10-5-1-7(11)9(8(12)2-5)14-6-3-13-4-6;/h1-2,6,13H,3-4H2;1H. The van der Waals surface area contributed by atoms with Gasteiger partial charge in [0.15, 0.2) is 17.4 Å². The second-order valence-electron chi connectivity index (χ2n) is 3.10. The minimum atomic E-state index is -1.01. The van der Waals surface area contributed by atoms with Crippen LogP contribution in [-0.4, -0.2) is 19.2 Å². The molecule has 1 aliphatic rings. The first-order chi connectivity index (χ1) is 6.66. The molecule has 0 radical (unpaired) electrons. The Morgan fingerprint density at radius 3 is 2.07 bits per heavy atom. The van der Waals surface area contributed by atoms with Crippen LogP contribution in [0, 0.1) is 17.5 Å². The Morgan fingerprint density at radius 1 is 1.13 bits per heavy atom. The first kappa shape index (κ1) is 12.1. The summed E-state index contributed by atoms with van der Waals surface area (Å²) in [6.45, 7) is 1.10. The van der Waals surface area contributed by atoms with Crippen molar-refractivity contribution in [1.29, 1.82) is 0 Å². The molecule has 0 aliphatic carbocycles. The van der Waals surface area contributed by atoms with Crippen LogP contribution in [0.3, 0.4) is 0 Å². The molecule has 1 aliphatic heterocycles. The molecule has 1 fully saturated rings. The lowest BCUT2D eigenvalue weighted by Gasteiger charge is -2.28. The van der Waals surface area contributed by atoms with Crippen molar-refractivity contribution in [2.45, 2.75) is 6.10 Å². The summed E-state index contributed by atoms with van der Waals surface area (Å²) >= 11 is 0. The summed E-state index contributed by atoms with van der Waals surface area (Å²) in [5.41, 5.74) is 0. The molecule has 0 spiro atoms. The van der Waals surface area contributed by atoms with Crippen molar-refractivity contribution in [2.75, 3.05) is 13.1 Å². The van der Waals surface area contributed by atoms with Crippen molar-refractivity contribution < 1.29 is 17.9 Å². The topological polar surface area (TPSA) is 21.3 Å². The predicted molar refractivity (Wildman–Crippen MR) is 50.8 cm³/mol. The van der Waals surface area contributed by atoms with Crippen molar-refractivity contribution >= 4 is 12.4 Å². The molecule has 0 saturated carbocycles. The van der Waals surface area contributed by atoms with Gasteiger partial charge in [-0.25, -0.2) is 13.2 Å². The van der Waals surface area contributed by atoms with E-state index in [0.29, 0.717) is 25.2 Å². The highest BCUT2D eigenvalue weighted by molar-refractivity contribution is 5.85. The van der Waals surface area contributed by atoms with Gasteiger partial charge in [0.05, 0.1) is 0 Å². The fourth-order valence-corrected chi connectivity index (χ4v) is 1.15. The van der Waals surface area contributed by atoms with Gasteiger partial charge < -0.3 is 10.1 Å². The highest BCUT2D eigenvalue weighted by Gasteiger charge is 2.22. The van der Waals surface area contributed by atoms with Gasteiger partial charge in [-0.15, -0.1) is 12.4 Å². The maximum Gasteiger partial charge on any atom is 0.191 e. The Balaban J connectivity index is 0.00000112. The molecule has 0 unspecified atom stereocenters. The van der Waals surface area contributed by atoms with Crippen LogP contribution < -0.4 is 10.1 Å². The molecular weight excluding hydrogens is 231 g/mol. The van der Waals surface area contributed by atoms with Crippen LogP contribution in [0.15, 0.2) is 12.1 Å². The Hall–Kier alpha value is -0.940. The molecule has 1 N–H and O–H groups in total. The van der Waals surface area contributed by atoms with Gasteiger partial charge in [0.2, 0.25) is 0 Å². The van der Waals surface area contributed by atoms with E-state index in [-0.39, 0.29) is 18.5 Å². The smallest absolute Gasteiger partial charge is 0.191 e. The Morgan fingerprint density at radius 2 is 1.67 bits per heavy atom. The van der Waals surface area contributed by atoms with E-state index in [1.807, 2.05) is 0 Å². The number of ether oxygens (including phenoxy) is 1. The van der Waals surface area contributed by atoms with Gasteiger partial charge >= 0.3 is 0 Å². The van der Waals surface area contributed by atoms with E-state index in [2.05, 4.69) is 5.32 Å². The van der Waals surface area contributed by atoms with E-state index in [1.165, 1.54) is 0 Å². The predicted octanol–water partition coefficient (Wildman–Crippen LogP) is 1.88. The maximum absolute atomic E-state index is 13.0. The summed E-state index contributed by atoms with van der Waals surface area (Å²) in [5.74, 6) is -3.46. The summed E-state index contributed by atoms with van der Waals surface area (Å²) in [5, 5.41) is 2.89. The molecule has 6 heteroatoms. The van der Waals surface area contributed by atoms with Gasteiger partial charge in [0.25, 0.3) is 0 Å².